The van der Waals surface area contributed by atoms with E-state index in [2.05, 4.69) is 15.1 Å². The van der Waals surface area contributed by atoms with E-state index in [9.17, 15) is 4.79 Å². The van der Waals surface area contributed by atoms with E-state index in [0.717, 1.165) is 5.56 Å². The topological polar surface area (TPSA) is 73.8 Å². The van der Waals surface area contributed by atoms with Crippen LogP contribution in [0.2, 0.25) is 0 Å². The molecule has 0 N–H and O–H groups in total. The zero-order valence-corrected chi connectivity index (χ0v) is 12.2. The lowest BCUT2D eigenvalue weighted by molar-refractivity contribution is 0.370. The third kappa shape index (κ3) is 2.18. The van der Waals surface area contributed by atoms with E-state index in [0.29, 0.717) is 21.9 Å². The van der Waals surface area contributed by atoms with Crippen LogP contribution >= 0.6 is 22.7 Å². The Morgan fingerprint density at radius 1 is 1.29 bits per heavy atom. The highest BCUT2D eigenvalue weighted by molar-refractivity contribution is 7.17. The molecule has 0 radical (unpaired) electrons. The molecule has 8 heteroatoms. The van der Waals surface area contributed by atoms with Crippen molar-refractivity contribution in [1.29, 1.82) is 0 Å². The van der Waals surface area contributed by atoms with Gasteiger partial charge in [0, 0.05) is 10.9 Å². The lowest BCUT2D eigenvalue weighted by Gasteiger charge is -2.00. The van der Waals surface area contributed by atoms with E-state index in [1.54, 1.807) is 11.3 Å². The number of aromatic nitrogens is 4. The number of hydrogen-bond donors (Lipinski definition) is 0. The van der Waals surface area contributed by atoms with Gasteiger partial charge in [-0.05, 0) is 22.9 Å². The van der Waals surface area contributed by atoms with Crippen LogP contribution in [0.3, 0.4) is 0 Å². The predicted molar refractivity (Wildman–Crippen MR) is 80.6 cm³/mol. The molecule has 4 aromatic heterocycles. The summed E-state index contributed by atoms with van der Waals surface area (Å²) in [6.07, 6.45) is 1.51. The monoisotopic (exact) mass is 316 g/mol. The molecular weight excluding hydrogens is 308 g/mol. The third-order valence-electron chi connectivity index (χ3n) is 2.99. The Kier molecular flexibility index (Phi) is 2.90. The van der Waals surface area contributed by atoms with Gasteiger partial charge < -0.3 is 4.52 Å². The quantitative estimate of drug-likeness (QED) is 0.581. The van der Waals surface area contributed by atoms with Gasteiger partial charge in [-0.25, -0.2) is 4.98 Å². The molecular formula is C13H8N4O2S2. The molecule has 0 saturated carbocycles. The van der Waals surface area contributed by atoms with Gasteiger partial charge in [0.05, 0.1) is 11.8 Å². The average molecular weight is 316 g/mol. The molecule has 0 fully saturated rings. The van der Waals surface area contributed by atoms with Crippen molar-refractivity contribution in [3.63, 3.8) is 0 Å². The Hall–Kier alpha value is -2.32. The van der Waals surface area contributed by atoms with E-state index in [4.69, 9.17) is 4.52 Å². The number of thiophene rings is 2. The van der Waals surface area contributed by atoms with E-state index in [1.165, 1.54) is 22.2 Å². The molecule has 0 atom stereocenters. The van der Waals surface area contributed by atoms with Crippen LogP contribution in [0.15, 0.2) is 43.9 Å². The first-order chi connectivity index (χ1) is 10.3. The summed E-state index contributed by atoms with van der Waals surface area (Å²) >= 11 is 2.95. The Morgan fingerprint density at radius 2 is 2.24 bits per heavy atom. The molecule has 6 nitrogen and oxygen atoms in total. The van der Waals surface area contributed by atoms with Crippen molar-refractivity contribution in [2.45, 2.75) is 6.54 Å². The Bertz CT molecular complexity index is 952. The fourth-order valence-electron chi connectivity index (χ4n) is 1.97. The van der Waals surface area contributed by atoms with Gasteiger partial charge >= 0.3 is 0 Å². The van der Waals surface area contributed by atoms with E-state index >= 15 is 0 Å². The zero-order chi connectivity index (χ0) is 14.2. The molecule has 4 heterocycles. The molecule has 0 bridgehead atoms. The van der Waals surface area contributed by atoms with Crippen LogP contribution < -0.4 is 5.56 Å². The highest BCUT2D eigenvalue weighted by Crippen LogP contribution is 2.19. The van der Waals surface area contributed by atoms with Crippen LogP contribution in [0.4, 0.5) is 0 Å². The minimum atomic E-state index is -0.0923. The van der Waals surface area contributed by atoms with Gasteiger partial charge in [0.1, 0.15) is 11.2 Å². The minimum absolute atomic E-state index is 0.0923. The van der Waals surface area contributed by atoms with E-state index < -0.39 is 0 Å². The van der Waals surface area contributed by atoms with Crippen LogP contribution in [-0.4, -0.2) is 19.7 Å². The highest BCUT2D eigenvalue weighted by atomic mass is 32.1. The maximum absolute atomic E-state index is 12.3. The maximum atomic E-state index is 12.3. The van der Waals surface area contributed by atoms with Crippen molar-refractivity contribution in [2.75, 3.05) is 0 Å². The lowest BCUT2D eigenvalue weighted by atomic mass is 10.3. The molecule has 0 aliphatic rings. The Labute approximate surface area is 126 Å². The number of nitrogens with zero attached hydrogens (tertiary/aromatic N) is 4. The highest BCUT2D eigenvalue weighted by Gasteiger charge is 2.11. The second-order valence-electron chi connectivity index (χ2n) is 4.34. The van der Waals surface area contributed by atoms with Gasteiger partial charge in [-0.1, -0.05) is 5.16 Å². The summed E-state index contributed by atoms with van der Waals surface area (Å²) < 4.78 is 7.31. The Morgan fingerprint density at radius 3 is 3.10 bits per heavy atom. The molecule has 0 amide bonds. The predicted octanol–water partition coefficient (Wildman–Crippen LogP) is 2.62. The summed E-state index contributed by atoms with van der Waals surface area (Å²) in [5, 5.41) is 9.67. The summed E-state index contributed by atoms with van der Waals surface area (Å²) in [5.41, 5.74) is 1.53. The smallest absolute Gasteiger partial charge is 0.271 e. The molecule has 0 unspecified atom stereocenters. The van der Waals surface area contributed by atoms with Crippen molar-refractivity contribution in [2.24, 2.45) is 0 Å². The van der Waals surface area contributed by atoms with Gasteiger partial charge in [0.15, 0.2) is 0 Å². The number of hydrogen-bond acceptors (Lipinski definition) is 7. The molecule has 0 aromatic carbocycles. The molecule has 4 aromatic rings. The fourth-order valence-corrected chi connectivity index (χ4v) is 3.39. The van der Waals surface area contributed by atoms with Gasteiger partial charge in [0.2, 0.25) is 11.7 Å². The van der Waals surface area contributed by atoms with Gasteiger partial charge in [0.25, 0.3) is 5.56 Å². The van der Waals surface area contributed by atoms with E-state index in [-0.39, 0.29) is 12.1 Å². The first kappa shape index (κ1) is 12.4. The van der Waals surface area contributed by atoms with Crippen molar-refractivity contribution in [3.8, 4) is 11.4 Å². The third-order valence-corrected chi connectivity index (χ3v) is 4.56. The zero-order valence-electron chi connectivity index (χ0n) is 10.6. The fraction of sp³-hybridized carbons (Fsp3) is 0.0769. The maximum Gasteiger partial charge on any atom is 0.271 e. The van der Waals surface area contributed by atoms with Gasteiger partial charge in [-0.3, -0.25) is 9.36 Å². The van der Waals surface area contributed by atoms with Crippen LogP contribution in [0.25, 0.3) is 21.6 Å². The second kappa shape index (κ2) is 4.90. The van der Waals surface area contributed by atoms with Crippen molar-refractivity contribution in [3.05, 3.63) is 50.8 Å². The van der Waals surface area contributed by atoms with E-state index in [1.807, 2.05) is 28.3 Å². The van der Waals surface area contributed by atoms with Crippen LogP contribution in [0.5, 0.6) is 0 Å². The first-order valence-electron chi connectivity index (χ1n) is 6.09. The molecule has 21 heavy (non-hydrogen) atoms. The average Bonchev–Trinajstić information content (AvgIpc) is 3.21. The molecule has 0 aliphatic heterocycles. The van der Waals surface area contributed by atoms with Crippen LogP contribution in [-0.2, 0) is 6.54 Å². The summed E-state index contributed by atoms with van der Waals surface area (Å²) in [7, 11) is 0. The molecule has 0 aliphatic carbocycles. The first-order valence-corrected chi connectivity index (χ1v) is 7.91. The lowest BCUT2D eigenvalue weighted by Crippen LogP contribution is -2.20. The minimum Gasteiger partial charge on any atom is -0.337 e. The van der Waals surface area contributed by atoms with Crippen molar-refractivity contribution < 1.29 is 4.52 Å². The second-order valence-corrected chi connectivity index (χ2v) is 6.03. The SMILES string of the molecule is O=c1c2sccc2ncn1Cc1nc(-c2ccsc2)no1. The summed E-state index contributed by atoms with van der Waals surface area (Å²) in [6, 6.07) is 3.75. The normalized spacial score (nSPS) is 11.2. The van der Waals surface area contributed by atoms with Gasteiger partial charge in [-0.15, -0.1) is 11.3 Å². The standard InChI is InChI=1S/C13H8N4O2S2/c18-13-11-9(2-4-21-11)14-7-17(13)5-10-15-12(16-19-10)8-1-3-20-6-8/h1-4,6-7H,5H2. The largest absolute Gasteiger partial charge is 0.337 e. The number of fused-ring (bicyclic) bond motifs is 1. The molecule has 0 spiro atoms. The van der Waals surface area contributed by atoms with Crippen molar-refractivity contribution in [1.82, 2.24) is 19.7 Å². The molecule has 4 rings (SSSR count). The van der Waals surface area contributed by atoms with Crippen LogP contribution in [0, 0.1) is 0 Å². The van der Waals surface area contributed by atoms with Crippen molar-refractivity contribution >= 4 is 32.9 Å². The summed E-state index contributed by atoms with van der Waals surface area (Å²) in [5.74, 6) is 0.917. The van der Waals surface area contributed by atoms with Gasteiger partial charge in [-0.2, -0.15) is 16.3 Å². The molecule has 0 saturated heterocycles. The van der Waals surface area contributed by atoms with Crippen LogP contribution in [0.1, 0.15) is 5.89 Å². The Balaban J connectivity index is 1.68. The molecule has 104 valence electrons. The summed E-state index contributed by atoms with van der Waals surface area (Å²) in [6.45, 7) is 0.219. The summed E-state index contributed by atoms with van der Waals surface area (Å²) in [4.78, 5) is 20.8. The number of rotatable bonds is 3.